The molecule has 0 saturated heterocycles. The first-order valence-electron chi connectivity index (χ1n) is 7.49. The highest BCUT2D eigenvalue weighted by atomic mass is 19.3. The van der Waals surface area contributed by atoms with Gasteiger partial charge in [-0.15, -0.1) is 0 Å². The normalized spacial score (nSPS) is 18.8. The fourth-order valence-corrected chi connectivity index (χ4v) is 3.08. The molecule has 114 valence electrons. The van der Waals surface area contributed by atoms with E-state index >= 15 is 0 Å². The number of fused-ring (bicyclic) bond motifs is 3. The smallest absolute Gasteiger partial charge is 0.248 e. The van der Waals surface area contributed by atoms with Crippen molar-refractivity contribution in [3.63, 3.8) is 0 Å². The van der Waals surface area contributed by atoms with Crippen molar-refractivity contribution in [3.05, 3.63) is 36.7 Å². The molecule has 0 amide bonds. The largest absolute Gasteiger partial charge is 0.364 e. The van der Waals surface area contributed by atoms with Crippen LogP contribution in [0.4, 0.5) is 14.6 Å². The van der Waals surface area contributed by atoms with Crippen LogP contribution in [0.1, 0.15) is 25.7 Å². The van der Waals surface area contributed by atoms with E-state index in [-0.39, 0.29) is 18.9 Å². The number of hydrogen-bond donors (Lipinski definition) is 1. The average Bonchev–Trinajstić information content (AvgIpc) is 2.99. The zero-order valence-electron chi connectivity index (χ0n) is 12.0. The summed E-state index contributed by atoms with van der Waals surface area (Å²) in [7, 11) is 0. The highest BCUT2D eigenvalue weighted by molar-refractivity contribution is 5.82. The summed E-state index contributed by atoms with van der Waals surface area (Å²) in [6, 6.07) is 7.84. The average molecular weight is 302 g/mol. The Morgan fingerprint density at radius 1 is 1.18 bits per heavy atom. The van der Waals surface area contributed by atoms with Crippen molar-refractivity contribution in [3.8, 4) is 0 Å². The standard InChI is InChI=1S/C16H16F2N4/c17-16(18)7-5-11(6-8-16)20-14-15-19-9-10-22(15)13-4-2-1-3-12(13)21-14/h1-4,9-11H,5-8H2,(H,20,21). The van der Waals surface area contributed by atoms with Gasteiger partial charge in [0.2, 0.25) is 5.92 Å². The van der Waals surface area contributed by atoms with Crippen LogP contribution in [0, 0.1) is 0 Å². The first kappa shape index (κ1) is 13.4. The van der Waals surface area contributed by atoms with Crippen molar-refractivity contribution in [1.82, 2.24) is 14.4 Å². The summed E-state index contributed by atoms with van der Waals surface area (Å²) in [4.78, 5) is 8.98. The molecule has 2 aromatic heterocycles. The van der Waals surface area contributed by atoms with Gasteiger partial charge < -0.3 is 5.32 Å². The summed E-state index contributed by atoms with van der Waals surface area (Å²) in [5.41, 5.74) is 2.57. The molecule has 0 bridgehead atoms. The summed E-state index contributed by atoms with van der Waals surface area (Å²) in [6.45, 7) is 0. The number of nitrogens with one attached hydrogen (secondary N) is 1. The second-order valence-corrected chi connectivity index (χ2v) is 5.84. The molecule has 0 atom stereocenters. The summed E-state index contributed by atoms with van der Waals surface area (Å²) in [5.74, 6) is -1.85. The number of para-hydroxylation sites is 2. The summed E-state index contributed by atoms with van der Waals surface area (Å²) < 4.78 is 28.5. The van der Waals surface area contributed by atoms with E-state index in [1.54, 1.807) is 6.20 Å². The van der Waals surface area contributed by atoms with Crippen LogP contribution >= 0.6 is 0 Å². The Balaban J connectivity index is 1.70. The molecule has 0 radical (unpaired) electrons. The first-order chi connectivity index (χ1) is 10.6. The minimum absolute atomic E-state index is 0.0220. The molecule has 0 aliphatic heterocycles. The summed E-state index contributed by atoms with van der Waals surface area (Å²) >= 11 is 0. The molecule has 1 fully saturated rings. The summed E-state index contributed by atoms with van der Waals surface area (Å²) in [5, 5.41) is 3.31. The van der Waals surface area contributed by atoms with Gasteiger partial charge in [-0.3, -0.25) is 4.40 Å². The number of hydrogen-bond acceptors (Lipinski definition) is 3. The highest BCUT2D eigenvalue weighted by Crippen LogP contribution is 2.34. The lowest BCUT2D eigenvalue weighted by Gasteiger charge is -2.29. The molecule has 3 aromatic rings. The quantitative estimate of drug-likeness (QED) is 0.781. The third-order valence-corrected chi connectivity index (χ3v) is 4.28. The van der Waals surface area contributed by atoms with E-state index in [4.69, 9.17) is 0 Å². The molecular weight excluding hydrogens is 286 g/mol. The molecule has 6 heteroatoms. The second-order valence-electron chi connectivity index (χ2n) is 5.84. The maximum Gasteiger partial charge on any atom is 0.248 e. The molecule has 0 unspecified atom stereocenters. The van der Waals surface area contributed by atoms with Gasteiger partial charge in [0.05, 0.1) is 11.0 Å². The number of nitrogens with zero attached hydrogens (tertiary/aromatic N) is 3. The number of alkyl halides is 2. The maximum absolute atomic E-state index is 13.3. The lowest BCUT2D eigenvalue weighted by atomic mass is 9.92. The third kappa shape index (κ3) is 2.28. The summed E-state index contributed by atoms with van der Waals surface area (Å²) in [6.07, 6.45) is 4.39. The zero-order chi connectivity index (χ0) is 15.2. The molecule has 1 saturated carbocycles. The van der Waals surface area contributed by atoms with E-state index in [0.717, 1.165) is 16.7 Å². The molecule has 2 heterocycles. The third-order valence-electron chi connectivity index (χ3n) is 4.28. The first-order valence-corrected chi connectivity index (χ1v) is 7.49. The van der Waals surface area contributed by atoms with Crippen molar-refractivity contribution < 1.29 is 8.78 Å². The van der Waals surface area contributed by atoms with Crippen molar-refractivity contribution in [2.75, 3.05) is 5.32 Å². The SMILES string of the molecule is FC1(F)CCC(Nc2nc3ccccc3n3ccnc23)CC1. The van der Waals surface area contributed by atoms with E-state index in [2.05, 4.69) is 15.3 Å². The van der Waals surface area contributed by atoms with Crippen LogP contribution < -0.4 is 5.32 Å². The monoisotopic (exact) mass is 302 g/mol. The van der Waals surface area contributed by atoms with Gasteiger partial charge in [0.1, 0.15) is 0 Å². The van der Waals surface area contributed by atoms with Gasteiger partial charge in [0, 0.05) is 31.3 Å². The molecular formula is C16H16F2N4. The van der Waals surface area contributed by atoms with Gasteiger partial charge >= 0.3 is 0 Å². The number of rotatable bonds is 2. The number of imidazole rings is 1. The Labute approximate surface area is 126 Å². The van der Waals surface area contributed by atoms with E-state index < -0.39 is 5.92 Å². The van der Waals surface area contributed by atoms with Crippen LogP contribution in [-0.4, -0.2) is 26.3 Å². The fraction of sp³-hybridized carbons (Fsp3) is 0.375. The topological polar surface area (TPSA) is 42.2 Å². The van der Waals surface area contributed by atoms with Gasteiger partial charge in [-0.05, 0) is 25.0 Å². The Hall–Kier alpha value is -2.24. The zero-order valence-corrected chi connectivity index (χ0v) is 12.0. The van der Waals surface area contributed by atoms with Crippen molar-refractivity contribution in [2.45, 2.75) is 37.6 Å². The highest BCUT2D eigenvalue weighted by Gasteiger charge is 2.35. The molecule has 1 aliphatic carbocycles. The lowest BCUT2D eigenvalue weighted by molar-refractivity contribution is -0.0361. The molecule has 1 N–H and O–H groups in total. The molecule has 0 spiro atoms. The fourth-order valence-electron chi connectivity index (χ4n) is 3.08. The minimum Gasteiger partial charge on any atom is -0.364 e. The van der Waals surface area contributed by atoms with Crippen LogP contribution in [0.25, 0.3) is 16.7 Å². The minimum atomic E-state index is -2.52. The van der Waals surface area contributed by atoms with E-state index in [1.807, 2.05) is 34.9 Å². The molecule has 22 heavy (non-hydrogen) atoms. The number of benzene rings is 1. The van der Waals surface area contributed by atoms with E-state index in [9.17, 15) is 8.78 Å². The van der Waals surface area contributed by atoms with Gasteiger partial charge in [-0.2, -0.15) is 0 Å². The van der Waals surface area contributed by atoms with Crippen LogP contribution in [0.15, 0.2) is 36.7 Å². The molecule has 4 nitrogen and oxygen atoms in total. The molecule has 1 aliphatic rings. The van der Waals surface area contributed by atoms with Gasteiger partial charge in [-0.25, -0.2) is 18.7 Å². The van der Waals surface area contributed by atoms with E-state index in [1.165, 1.54) is 0 Å². The van der Waals surface area contributed by atoms with Crippen LogP contribution in [0.5, 0.6) is 0 Å². The van der Waals surface area contributed by atoms with Crippen LogP contribution in [-0.2, 0) is 0 Å². The lowest BCUT2D eigenvalue weighted by Crippen LogP contribution is -2.32. The molecule has 4 rings (SSSR count). The van der Waals surface area contributed by atoms with Gasteiger partial charge in [-0.1, -0.05) is 12.1 Å². The Bertz CT molecular complexity index is 817. The predicted molar refractivity (Wildman–Crippen MR) is 81.3 cm³/mol. The predicted octanol–water partition coefficient (Wildman–Crippen LogP) is 3.87. The number of anilines is 1. The van der Waals surface area contributed by atoms with Crippen LogP contribution in [0.3, 0.4) is 0 Å². The maximum atomic E-state index is 13.3. The Morgan fingerprint density at radius 2 is 1.95 bits per heavy atom. The second kappa shape index (κ2) is 4.90. The number of aromatic nitrogens is 3. The Kier molecular flexibility index (Phi) is 2.99. The van der Waals surface area contributed by atoms with E-state index in [0.29, 0.717) is 18.7 Å². The van der Waals surface area contributed by atoms with Crippen LogP contribution in [0.2, 0.25) is 0 Å². The van der Waals surface area contributed by atoms with Gasteiger partial charge in [0.15, 0.2) is 11.5 Å². The number of halogens is 2. The molecule has 1 aromatic carbocycles. The van der Waals surface area contributed by atoms with Gasteiger partial charge in [0.25, 0.3) is 0 Å². The van der Waals surface area contributed by atoms with Crippen molar-refractivity contribution in [2.24, 2.45) is 0 Å². The Morgan fingerprint density at radius 3 is 2.77 bits per heavy atom. The van der Waals surface area contributed by atoms with Crippen molar-refractivity contribution in [1.29, 1.82) is 0 Å². The van der Waals surface area contributed by atoms with Crippen molar-refractivity contribution >= 4 is 22.5 Å².